The van der Waals surface area contributed by atoms with E-state index in [9.17, 15) is 29.1 Å². The monoisotopic (exact) mass is 568 g/mol. The number of carbonyl (C=O) groups excluding carboxylic acids is 4. The fourth-order valence-electron chi connectivity index (χ4n) is 4.39. The van der Waals surface area contributed by atoms with Crippen molar-refractivity contribution in [3.8, 4) is 0 Å². The Morgan fingerprint density at radius 1 is 0.927 bits per heavy atom. The van der Waals surface area contributed by atoms with Crippen molar-refractivity contribution in [1.29, 1.82) is 0 Å². The van der Waals surface area contributed by atoms with Gasteiger partial charge in [0.1, 0.15) is 18.1 Å². The first-order valence-corrected chi connectivity index (χ1v) is 13.1. The molecule has 41 heavy (non-hydrogen) atoms. The molecule has 3 aromatic rings. The van der Waals surface area contributed by atoms with Crippen molar-refractivity contribution in [2.75, 3.05) is 0 Å². The van der Waals surface area contributed by atoms with E-state index in [0.717, 1.165) is 16.5 Å². The summed E-state index contributed by atoms with van der Waals surface area (Å²) in [6.07, 6.45) is 4.19. The molecule has 4 amide bonds. The zero-order valence-electron chi connectivity index (χ0n) is 22.8. The number of aromatic nitrogens is 3. The summed E-state index contributed by atoms with van der Waals surface area (Å²) in [7, 11) is 0. The number of aliphatic carboxylic acids is 1. The molecule has 220 valence electrons. The number of carboxylic acid groups (broad SMARTS) is 1. The molecule has 0 aliphatic carbocycles. The van der Waals surface area contributed by atoms with Gasteiger partial charge >= 0.3 is 5.97 Å². The van der Waals surface area contributed by atoms with Crippen LogP contribution in [-0.4, -0.2) is 73.8 Å². The Balaban J connectivity index is 1.82. The molecular weight excluding hydrogens is 532 g/mol. The predicted molar refractivity (Wildman–Crippen MR) is 149 cm³/mol. The lowest BCUT2D eigenvalue weighted by molar-refractivity contribution is -0.142. The molecule has 0 fully saturated rings. The largest absolute Gasteiger partial charge is 0.480 e. The number of carbonyl (C=O) groups is 5. The zero-order chi connectivity index (χ0) is 30.1. The van der Waals surface area contributed by atoms with E-state index in [0.29, 0.717) is 12.1 Å². The number of hydrogen-bond donors (Lipinski definition) is 8. The Hall–Kier alpha value is -4.72. The van der Waals surface area contributed by atoms with Crippen molar-refractivity contribution < 1.29 is 29.1 Å². The lowest BCUT2D eigenvalue weighted by atomic mass is 10.0. The van der Waals surface area contributed by atoms with Crippen LogP contribution in [0.25, 0.3) is 10.9 Å². The van der Waals surface area contributed by atoms with Crippen molar-refractivity contribution in [3.63, 3.8) is 0 Å². The topological polar surface area (TPSA) is 238 Å². The molecule has 0 bridgehead atoms. The summed E-state index contributed by atoms with van der Waals surface area (Å²) in [4.78, 5) is 72.8. The van der Waals surface area contributed by atoms with Crippen LogP contribution in [0, 0.1) is 5.92 Å². The Morgan fingerprint density at radius 2 is 1.59 bits per heavy atom. The Morgan fingerprint density at radius 3 is 2.22 bits per heavy atom. The number of nitrogens with two attached hydrogens (primary N) is 2. The van der Waals surface area contributed by atoms with Gasteiger partial charge in [-0.1, -0.05) is 32.0 Å². The van der Waals surface area contributed by atoms with Gasteiger partial charge in [-0.3, -0.25) is 19.2 Å². The van der Waals surface area contributed by atoms with Crippen LogP contribution in [0.1, 0.15) is 37.9 Å². The highest BCUT2D eigenvalue weighted by Gasteiger charge is 2.32. The minimum absolute atomic E-state index is 0.0401. The smallest absolute Gasteiger partial charge is 0.326 e. The second-order valence-electron chi connectivity index (χ2n) is 10.3. The SMILES string of the molecule is CC(C)CC(N)C(=O)NC(Cc1c[nH]c2ccccc12)C(=O)NC(CC(N)=O)C(=O)NC(Cc1cnc[nH]1)C(=O)O. The maximum absolute atomic E-state index is 13.5. The second kappa shape index (κ2) is 14.1. The van der Waals surface area contributed by atoms with Gasteiger partial charge in [0.25, 0.3) is 0 Å². The van der Waals surface area contributed by atoms with E-state index in [1.807, 2.05) is 38.1 Å². The summed E-state index contributed by atoms with van der Waals surface area (Å²) < 4.78 is 0. The van der Waals surface area contributed by atoms with Gasteiger partial charge in [-0.2, -0.15) is 0 Å². The average molecular weight is 569 g/mol. The normalized spacial score (nSPS) is 14.1. The van der Waals surface area contributed by atoms with Gasteiger partial charge in [-0.15, -0.1) is 0 Å². The number of fused-ring (bicyclic) bond motifs is 1. The highest BCUT2D eigenvalue weighted by Crippen LogP contribution is 2.19. The number of hydrogen-bond acceptors (Lipinski definition) is 7. The summed E-state index contributed by atoms with van der Waals surface area (Å²) in [5, 5.41) is 17.9. The van der Waals surface area contributed by atoms with E-state index in [2.05, 4.69) is 30.9 Å². The number of nitrogens with zero attached hydrogens (tertiary/aromatic N) is 1. The second-order valence-corrected chi connectivity index (χ2v) is 10.3. The fourth-order valence-corrected chi connectivity index (χ4v) is 4.39. The fraction of sp³-hybridized carbons (Fsp3) is 0.407. The molecule has 4 atom stereocenters. The number of nitrogens with one attached hydrogen (secondary N) is 5. The molecule has 0 saturated heterocycles. The number of H-pyrrole nitrogens is 2. The molecule has 0 radical (unpaired) electrons. The van der Waals surface area contributed by atoms with E-state index < -0.39 is 60.2 Å². The minimum Gasteiger partial charge on any atom is -0.480 e. The first-order valence-electron chi connectivity index (χ1n) is 13.1. The van der Waals surface area contributed by atoms with Crippen molar-refractivity contribution in [2.45, 2.75) is 63.7 Å². The van der Waals surface area contributed by atoms with Crippen LogP contribution >= 0.6 is 0 Å². The standard InChI is InChI=1S/C27H36N8O6/c1-14(2)7-18(28)24(37)33-20(8-15-11-31-19-6-4-3-5-17(15)19)25(38)34-21(10-23(29)36)26(39)35-22(27(40)41)9-16-12-30-13-32-16/h3-6,11-14,18,20-22,31H,7-10,28H2,1-2H3,(H2,29,36)(H,30,32)(H,33,37)(H,34,38)(H,35,39)(H,40,41). The van der Waals surface area contributed by atoms with Crippen molar-refractivity contribution >= 4 is 40.5 Å². The molecule has 2 heterocycles. The van der Waals surface area contributed by atoms with Crippen LogP contribution in [0.15, 0.2) is 43.0 Å². The van der Waals surface area contributed by atoms with Gasteiger partial charge in [-0.25, -0.2) is 9.78 Å². The molecule has 14 heteroatoms. The first kappa shape index (κ1) is 30.8. The third kappa shape index (κ3) is 8.89. The average Bonchev–Trinajstić information content (AvgIpc) is 3.56. The molecule has 14 nitrogen and oxygen atoms in total. The molecule has 0 spiro atoms. The molecule has 0 aliphatic heterocycles. The maximum atomic E-state index is 13.5. The Bertz CT molecular complexity index is 1370. The van der Waals surface area contributed by atoms with Crippen molar-refractivity contribution in [2.24, 2.45) is 17.4 Å². The van der Waals surface area contributed by atoms with Crippen LogP contribution in [0.2, 0.25) is 0 Å². The molecule has 1 aromatic carbocycles. The minimum atomic E-state index is -1.50. The first-order chi connectivity index (χ1) is 19.4. The van der Waals surface area contributed by atoms with E-state index >= 15 is 0 Å². The van der Waals surface area contributed by atoms with Crippen molar-refractivity contribution in [1.82, 2.24) is 30.9 Å². The molecule has 0 saturated carbocycles. The molecule has 0 aliphatic rings. The highest BCUT2D eigenvalue weighted by atomic mass is 16.4. The summed E-state index contributed by atoms with van der Waals surface area (Å²) in [5.74, 6) is -4.37. The molecular formula is C27H36N8O6. The number of rotatable bonds is 15. The summed E-state index contributed by atoms with van der Waals surface area (Å²) >= 11 is 0. The van der Waals surface area contributed by atoms with E-state index in [-0.39, 0.29) is 18.8 Å². The van der Waals surface area contributed by atoms with Crippen LogP contribution < -0.4 is 27.4 Å². The van der Waals surface area contributed by atoms with Gasteiger partial charge in [0.15, 0.2) is 0 Å². The van der Waals surface area contributed by atoms with Gasteiger partial charge in [-0.05, 0) is 24.0 Å². The maximum Gasteiger partial charge on any atom is 0.326 e. The van der Waals surface area contributed by atoms with Gasteiger partial charge < -0.3 is 42.5 Å². The number of para-hydroxylation sites is 1. The van der Waals surface area contributed by atoms with Gasteiger partial charge in [0.05, 0.1) is 18.8 Å². The van der Waals surface area contributed by atoms with Gasteiger partial charge in [0.2, 0.25) is 23.6 Å². The van der Waals surface area contributed by atoms with Crippen LogP contribution in [0.3, 0.4) is 0 Å². The quantitative estimate of drug-likeness (QED) is 0.118. The lowest BCUT2D eigenvalue weighted by Crippen LogP contribution is -2.58. The number of carboxylic acids is 1. The summed E-state index contributed by atoms with van der Waals surface area (Å²) in [6.45, 7) is 3.82. The third-order valence-electron chi connectivity index (χ3n) is 6.43. The van der Waals surface area contributed by atoms with E-state index in [1.165, 1.54) is 12.5 Å². The number of benzene rings is 1. The number of imidazole rings is 1. The predicted octanol–water partition coefficient (Wildman–Crippen LogP) is -0.536. The van der Waals surface area contributed by atoms with Crippen LogP contribution in [0.4, 0.5) is 0 Å². The van der Waals surface area contributed by atoms with E-state index in [4.69, 9.17) is 11.5 Å². The molecule has 2 aromatic heterocycles. The van der Waals surface area contributed by atoms with Crippen LogP contribution in [0.5, 0.6) is 0 Å². The molecule has 4 unspecified atom stereocenters. The highest BCUT2D eigenvalue weighted by molar-refractivity contribution is 5.96. The summed E-state index contributed by atoms with van der Waals surface area (Å²) in [5.41, 5.74) is 13.4. The third-order valence-corrected chi connectivity index (χ3v) is 6.43. The summed E-state index contributed by atoms with van der Waals surface area (Å²) in [6, 6.07) is 2.46. The number of aromatic amines is 2. The molecule has 10 N–H and O–H groups in total. The Labute approximate surface area is 236 Å². The van der Waals surface area contributed by atoms with Gasteiger partial charge in [0, 0.05) is 41.8 Å². The number of primary amides is 1. The van der Waals surface area contributed by atoms with Crippen molar-refractivity contribution in [3.05, 3.63) is 54.2 Å². The molecule has 3 rings (SSSR count). The zero-order valence-corrected chi connectivity index (χ0v) is 22.8. The van der Waals surface area contributed by atoms with E-state index in [1.54, 1.807) is 6.20 Å². The lowest BCUT2D eigenvalue weighted by Gasteiger charge is -2.25. The number of amides is 4. The van der Waals surface area contributed by atoms with Crippen LogP contribution in [-0.2, 0) is 36.8 Å². The Kier molecular flexibility index (Phi) is 10.6.